The largest absolute Gasteiger partial charge is 0.472 e. The van der Waals surface area contributed by atoms with E-state index in [-0.39, 0.29) is 19.3 Å². The van der Waals surface area contributed by atoms with E-state index in [1.165, 1.54) is 205 Å². The average molecular weight is 1730 g/mol. The third kappa shape index (κ3) is 95.7. The number of esters is 3. The fourth-order valence-electron chi connectivity index (χ4n) is 13.4. The van der Waals surface area contributed by atoms with Gasteiger partial charge >= 0.3 is 33.6 Å². The first-order chi connectivity index (χ1) is 59.2. The molecule has 0 saturated heterocycles. The second-order valence-corrected chi connectivity index (χ2v) is 35.4. The van der Waals surface area contributed by atoms with Crippen LogP contribution in [0.2, 0.25) is 0 Å². The summed E-state index contributed by atoms with van der Waals surface area (Å²) in [6.45, 7) is 2.47. The predicted octanol–water partition coefficient (Wildman–Crippen LogP) is 30.5. The molecule has 18 heteroatoms. The van der Waals surface area contributed by atoms with E-state index < -0.39 is 91.5 Å². The van der Waals surface area contributed by atoms with Crippen molar-refractivity contribution >= 4 is 33.6 Å². The van der Waals surface area contributed by atoms with Crippen LogP contribution in [0.1, 0.15) is 419 Å². The summed E-state index contributed by atoms with van der Waals surface area (Å²) in [4.78, 5) is 59.1. The molecule has 0 radical (unpaired) electrons. The van der Waals surface area contributed by atoms with Crippen LogP contribution >= 0.6 is 15.6 Å². The zero-order valence-corrected chi connectivity index (χ0v) is 78.7. The Balaban J connectivity index is 4.49. The molecule has 0 fully saturated rings. The molecule has 0 saturated carbocycles. The van der Waals surface area contributed by atoms with Crippen molar-refractivity contribution in [1.29, 1.82) is 0 Å². The van der Waals surface area contributed by atoms with Gasteiger partial charge in [-0.1, -0.05) is 410 Å². The quantitative estimate of drug-likeness (QED) is 0.0146. The molecule has 5 unspecified atom stereocenters. The van der Waals surface area contributed by atoms with Gasteiger partial charge in [-0.05, 0) is 148 Å². The van der Waals surface area contributed by atoms with Crippen LogP contribution in [0.4, 0.5) is 0 Å². The van der Waals surface area contributed by atoms with Gasteiger partial charge in [0, 0.05) is 19.3 Å². The number of carbonyl (C=O) groups excluding carboxylic acids is 3. The van der Waals surface area contributed by atoms with Gasteiger partial charge in [0.2, 0.25) is 0 Å². The molecule has 696 valence electrons. The van der Waals surface area contributed by atoms with Crippen LogP contribution in [0.15, 0.2) is 158 Å². The molecule has 0 aromatic rings. The van der Waals surface area contributed by atoms with Crippen LogP contribution in [0, 0.1) is 0 Å². The number of ether oxygens (including phenoxy) is 3. The molecule has 16 nitrogen and oxygen atoms in total. The van der Waals surface area contributed by atoms with Crippen molar-refractivity contribution in [1.82, 2.24) is 0 Å². The van der Waals surface area contributed by atoms with E-state index in [0.717, 1.165) is 154 Å². The fraction of sp³-hybridized carbons (Fsp3) is 0.718. The van der Waals surface area contributed by atoms with E-state index in [0.29, 0.717) is 19.3 Å². The minimum atomic E-state index is -4.95. The summed E-state index contributed by atoms with van der Waals surface area (Å²) in [7, 11) is -9.81. The Morgan fingerprint density at radius 1 is 0.240 bits per heavy atom. The highest BCUT2D eigenvalue weighted by molar-refractivity contribution is 7.47. The topological polar surface area (TPSA) is 231 Å². The van der Waals surface area contributed by atoms with Gasteiger partial charge in [0.05, 0.1) is 26.4 Å². The summed E-state index contributed by atoms with van der Waals surface area (Å²) in [6, 6.07) is 0. The van der Waals surface area contributed by atoms with Crippen molar-refractivity contribution in [2.45, 2.75) is 437 Å². The molecule has 0 spiro atoms. The summed E-state index contributed by atoms with van der Waals surface area (Å²) < 4.78 is 61.5. The Hall–Kier alpha value is -4.83. The van der Waals surface area contributed by atoms with Gasteiger partial charge in [0.25, 0.3) is 0 Å². The zero-order valence-electron chi connectivity index (χ0n) is 76.9. The lowest BCUT2D eigenvalue weighted by molar-refractivity contribution is -0.161. The normalized spacial score (nSPS) is 14.4. The van der Waals surface area contributed by atoms with Crippen LogP contribution in [-0.2, 0) is 55.8 Å². The second-order valence-electron chi connectivity index (χ2n) is 32.5. The molecule has 4 N–H and O–H groups in total. The Kier molecular flexibility index (Phi) is 90.5. The van der Waals surface area contributed by atoms with Crippen molar-refractivity contribution in [2.24, 2.45) is 0 Å². The SMILES string of the molecule is CC/C=C\C/C=C\C/C=C\C/C=C\C/C=C\CCCCCCCCCCCCCCCCCC(=O)OCC(COP(=O)(O)OCC(O)COP(=O)(O)OCC(O)COC(=O)CCCCCCCCCCCCCCCCCCCCC/C=C\C/C=C\C/C=C\C/C=C\CCCCC)OC(=O)CCCCCCCC/C=C\C/C=C\C/C=C\C/C=C\CC. The van der Waals surface area contributed by atoms with Crippen molar-refractivity contribution in [3.05, 3.63) is 158 Å². The van der Waals surface area contributed by atoms with Crippen molar-refractivity contribution in [2.75, 3.05) is 39.6 Å². The zero-order chi connectivity index (χ0) is 87.9. The van der Waals surface area contributed by atoms with Crippen LogP contribution < -0.4 is 0 Å². The van der Waals surface area contributed by atoms with Gasteiger partial charge in [-0.2, -0.15) is 0 Å². The third-order valence-corrected chi connectivity index (χ3v) is 22.6. The molecule has 0 aromatic heterocycles. The smallest absolute Gasteiger partial charge is 0.463 e. The first-order valence-corrected chi connectivity index (χ1v) is 51.8. The van der Waals surface area contributed by atoms with Crippen LogP contribution in [0.5, 0.6) is 0 Å². The first-order valence-electron chi connectivity index (χ1n) is 48.8. The van der Waals surface area contributed by atoms with E-state index in [1.54, 1.807) is 0 Å². The number of unbranched alkanes of at least 4 members (excludes halogenated alkanes) is 43. The molecule has 121 heavy (non-hydrogen) atoms. The molecule has 0 aliphatic heterocycles. The summed E-state index contributed by atoms with van der Waals surface area (Å²) in [5.74, 6) is -1.58. The van der Waals surface area contributed by atoms with Gasteiger partial charge in [0.15, 0.2) is 6.10 Å². The Morgan fingerprint density at radius 2 is 0.438 bits per heavy atom. The summed E-state index contributed by atoms with van der Waals surface area (Å²) in [5.41, 5.74) is 0. The molecule has 0 heterocycles. The second kappa shape index (κ2) is 94.3. The number of aliphatic hydroxyl groups excluding tert-OH is 2. The number of carbonyl (C=O) groups is 3. The standard InChI is InChI=1S/C103H178O16P2/c1-4-7-10-13-16-19-22-25-28-31-34-36-38-40-42-44-46-47-48-49-51-53-54-56-58-60-63-65-68-71-74-77-80-83-86-89-101(106)113-92-98(104)93-115-120(109,110)116-94-99(105)95-117-121(111,112)118-97-100(119-103(108)91-88-85-82-79-76-73-70-67-62-33-30-27-24-21-18-15-12-9-6-3)96-114-102(107)90-87-84-81-78-75-72-69-66-64-61-59-57-55-52-50-45-43-41-39-37-35-32-29-26-23-20-17-14-11-8-5-2/h8-9,11-12,16-21,25-30,34-37,40-43,62,67,98-100,104-105H,4-7,10,13-15,22-24,31-33,38-39,44-61,63-66,68-97H2,1-3H3,(H,109,110)(H,111,112)/b11-8-,12-9-,19-16-,20-17-,21-18-,28-25-,29-26-,30-27-,36-34-,37-35-,42-40-,43-41-,67-62-. The molecule has 0 aliphatic rings. The van der Waals surface area contributed by atoms with Crippen LogP contribution in [0.3, 0.4) is 0 Å². The molecule has 5 atom stereocenters. The third-order valence-electron chi connectivity index (χ3n) is 20.7. The average Bonchev–Trinajstić information content (AvgIpc) is 0.900. The van der Waals surface area contributed by atoms with Gasteiger partial charge in [-0.15, -0.1) is 0 Å². The van der Waals surface area contributed by atoms with Crippen LogP contribution in [0.25, 0.3) is 0 Å². The monoisotopic (exact) mass is 1730 g/mol. The minimum absolute atomic E-state index is 0.0862. The van der Waals surface area contributed by atoms with E-state index in [4.69, 9.17) is 32.3 Å². The maximum absolute atomic E-state index is 13.1. The van der Waals surface area contributed by atoms with E-state index in [2.05, 4.69) is 179 Å². The Labute approximate surface area is 740 Å². The lowest BCUT2D eigenvalue weighted by Crippen LogP contribution is -2.30. The Bertz CT molecular complexity index is 2830. The lowest BCUT2D eigenvalue weighted by atomic mass is 10.0. The molecular weight excluding hydrogens is 1560 g/mol. The number of hydrogen-bond acceptors (Lipinski definition) is 14. The van der Waals surface area contributed by atoms with E-state index in [1.807, 2.05) is 0 Å². The number of hydrogen-bond donors (Lipinski definition) is 4. The maximum Gasteiger partial charge on any atom is 0.472 e. The molecule has 0 aliphatic carbocycles. The molecule has 0 bridgehead atoms. The van der Waals surface area contributed by atoms with E-state index in [9.17, 15) is 43.5 Å². The summed E-state index contributed by atoms with van der Waals surface area (Å²) >= 11 is 0. The number of rotatable bonds is 92. The van der Waals surface area contributed by atoms with Gasteiger partial charge < -0.3 is 34.2 Å². The number of phosphoric ester groups is 2. The molecule has 0 amide bonds. The highest BCUT2D eigenvalue weighted by Gasteiger charge is 2.30. The predicted molar refractivity (Wildman–Crippen MR) is 509 cm³/mol. The highest BCUT2D eigenvalue weighted by atomic mass is 31.2. The molecular formula is C103H178O16P2. The van der Waals surface area contributed by atoms with E-state index >= 15 is 0 Å². The number of aliphatic hydroxyl groups is 2. The lowest BCUT2D eigenvalue weighted by Gasteiger charge is -2.21. The fourth-order valence-corrected chi connectivity index (χ4v) is 15.0. The summed E-state index contributed by atoms with van der Waals surface area (Å²) in [5, 5.41) is 20.8. The van der Waals surface area contributed by atoms with Gasteiger partial charge in [0.1, 0.15) is 25.4 Å². The molecule has 0 aromatic carbocycles. The van der Waals surface area contributed by atoms with Gasteiger partial charge in [-0.25, -0.2) is 9.13 Å². The highest BCUT2D eigenvalue weighted by Crippen LogP contribution is 2.45. The minimum Gasteiger partial charge on any atom is -0.463 e. The number of allylic oxidation sites excluding steroid dienone is 26. The Morgan fingerprint density at radius 3 is 0.694 bits per heavy atom. The summed E-state index contributed by atoms with van der Waals surface area (Å²) in [6.07, 6.45) is 122. The van der Waals surface area contributed by atoms with Crippen LogP contribution in [-0.4, -0.2) is 95.9 Å². The number of phosphoric acid groups is 2. The first kappa shape index (κ1) is 116. The van der Waals surface area contributed by atoms with Crippen molar-refractivity contribution in [3.63, 3.8) is 0 Å². The maximum atomic E-state index is 13.1. The van der Waals surface area contributed by atoms with Crippen molar-refractivity contribution in [3.8, 4) is 0 Å². The molecule has 0 rings (SSSR count). The van der Waals surface area contributed by atoms with Crippen molar-refractivity contribution < 1.29 is 75.8 Å². The van der Waals surface area contributed by atoms with Gasteiger partial charge in [-0.3, -0.25) is 32.5 Å².